The molecule has 0 saturated carbocycles. The molecule has 0 bridgehead atoms. The number of carbonyl (C=O) groups is 1. The van der Waals surface area contributed by atoms with Gasteiger partial charge in [0.2, 0.25) is 5.91 Å². The van der Waals surface area contributed by atoms with Crippen LogP contribution >= 0.6 is 11.3 Å². The number of aliphatic hydroxyl groups excluding tert-OH is 1. The Morgan fingerprint density at radius 1 is 1.50 bits per heavy atom. The van der Waals surface area contributed by atoms with E-state index in [0.717, 1.165) is 11.3 Å². The molecule has 1 amide bonds. The quantitative estimate of drug-likeness (QED) is 0.829. The summed E-state index contributed by atoms with van der Waals surface area (Å²) in [5.41, 5.74) is 3.90. The van der Waals surface area contributed by atoms with Gasteiger partial charge in [0.05, 0.1) is 17.8 Å². The van der Waals surface area contributed by atoms with Gasteiger partial charge in [-0.25, -0.2) is 4.98 Å². The number of benzene rings is 1. The van der Waals surface area contributed by atoms with Gasteiger partial charge in [-0.2, -0.15) is 0 Å². The molecule has 0 unspecified atom stereocenters. The Bertz CT molecular complexity index is 550. The fourth-order valence-corrected chi connectivity index (χ4v) is 1.92. The molecule has 0 saturated heterocycles. The third-order valence-electron chi connectivity index (χ3n) is 2.23. The summed E-state index contributed by atoms with van der Waals surface area (Å²) in [5.74, 6) is -0.224. The molecule has 0 aliphatic heterocycles. The number of carbonyl (C=O) groups excluding carboxylic acids is 1. The average Bonchev–Trinajstić information content (AvgIpc) is 2.90. The van der Waals surface area contributed by atoms with E-state index in [1.54, 1.807) is 35.9 Å². The lowest BCUT2D eigenvalue weighted by Crippen LogP contribution is -2.07. The van der Waals surface area contributed by atoms with Crippen LogP contribution in [0.3, 0.4) is 0 Å². The average molecular weight is 260 g/mol. The minimum absolute atomic E-state index is 0.0433. The highest BCUT2D eigenvalue weighted by atomic mass is 32.1. The predicted molar refractivity (Wildman–Crippen MR) is 72.1 cm³/mol. The zero-order chi connectivity index (χ0) is 12.8. The van der Waals surface area contributed by atoms with Crippen LogP contribution < -0.4 is 5.32 Å². The van der Waals surface area contributed by atoms with Crippen molar-refractivity contribution >= 4 is 29.0 Å². The molecular weight excluding hydrogens is 248 g/mol. The van der Waals surface area contributed by atoms with Crippen molar-refractivity contribution in [3.63, 3.8) is 0 Å². The standard InChI is InChI=1S/C13H12N2O2S/c16-7-10-2-1-3-11(6-10)15-13(17)5-4-12-8-18-9-14-12/h1-6,8-9,16H,7H2,(H,15,17). The maximum Gasteiger partial charge on any atom is 0.248 e. The van der Waals surface area contributed by atoms with E-state index in [0.29, 0.717) is 5.69 Å². The first-order valence-electron chi connectivity index (χ1n) is 5.35. The summed E-state index contributed by atoms with van der Waals surface area (Å²) in [5, 5.41) is 13.6. The van der Waals surface area contributed by atoms with Crippen LogP contribution in [0.4, 0.5) is 5.69 Å². The summed E-state index contributed by atoms with van der Waals surface area (Å²) in [7, 11) is 0. The predicted octanol–water partition coefficient (Wildman–Crippen LogP) is 2.29. The highest BCUT2D eigenvalue weighted by molar-refractivity contribution is 7.07. The van der Waals surface area contributed by atoms with Gasteiger partial charge in [0.15, 0.2) is 0 Å². The Labute approximate surface area is 109 Å². The Morgan fingerprint density at radius 3 is 3.11 bits per heavy atom. The number of aromatic nitrogens is 1. The molecule has 1 aromatic heterocycles. The Kier molecular flexibility index (Phi) is 4.22. The normalized spacial score (nSPS) is 10.7. The topological polar surface area (TPSA) is 62.2 Å². The SMILES string of the molecule is O=C(C=Cc1cscn1)Nc1cccc(CO)c1. The third-order valence-corrected chi connectivity index (χ3v) is 2.84. The van der Waals surface area contributed by atoms with Crippen molar-refractivity contribution in [3.05, 3.63) is 52.5 Å². The first-order valence-corrected chi connectivity index (χ1v) is 6.29. The molecule has 1 aromatic carbocycles. The number of hydrogen-bond donors (Lipinski definition) is 2. The molecule has 4 nitrogen and oxygen atoms in total. The van der Waals surface area contributed by atoms with Gasteiger partial charge >= 0.3 is 0 Å². The second kappa shape index (κ2) is 6.09. The van der Waals surface area contributed by atoms with Crippen molar-refractivity contribution in [2.45, 2.75) is 6.61 Å². The van der Waals surface area contributed by atoms with Gasteiger partial charge in [-0.1, -0.05) is 12.1 Å². The van der Waals surface area contributed by atoms with E-state index in [4.69, 9.17) is 5.11 Å². The van der Waals surface area contributed by atoms with E-state index in [-0.39, 0.29) is 12.5 Å². The number of hydrogen-bond acceptors (Lipinski definition) is 4. The lowest BCUT2D eigenvalue weighted by Gasteiger charge is -2.03. The van der Waals surface area contributed by atoms with Gasteiger partial charge < -0.3 is 10.4 Å². The van der Waals surface area contributed by atoms with Crippen LogP contribution in [-0.4, -0.2) is 16.0 Å². The maximum absolute atomic E-state index is 11.6. The van der Waals surface area contributed by atoms with Crippen LogP contribution in [0.25, 0.3) is 6.08 Å². The van der Waals surface area contributed by atoms with Crippen molar-refractivity contribution < 1.29 is 9.90 Å². The number of nitrogens with zero attached hydrogens (tertiary/aromatic N) is 1. The van der Waals surface area contributed by atoms with Gasteiger partial charge in [0.25, 0.3) is 0 Å². The molecular formula is C13H12N2O2S. The molecule has 0 aliphatic rings. The van der Waals surface area contributed by atoms with Crippen LogP contribution in [-0.2, 0) is 11.4 Å². The van der Waals surface area contributed by atoms with E-state index < -0.39 is 0 Å². The molecule has 0 atom stereocenters. The summed E-state index contributed by atoms with van der Waals surface area (Å²) in [6.45, 7) is -0.0433. The lowest BCUT2D eigenvalue weighted by atomic mass is 10.2. The Morgan fingerprint density at radius 2 is 2.39 bits per heavy atom. The number of rotatable bonds is 4. The summed E-state index contributed by atoms with van der Waals surface area (Å²) in [6.07, 6.45) is 3.09. The molecule has 0 aliphatic carbocycles. The van der Waals surface area contributed by atoms with E-state index in [1.165, 1.54) is 17.4 Å². The molecule has 2 rings (SSSR count). The zero-order valence-electron chi connectivity index (χ0n) is 9.54. The monoisotopic (exact) mass is 260 g/mol. The first kappa shape index (κ1) is 12.5. The Balaban J connectivity index is 1.98. The van der Waals surface area contributed by atoms with Crippen LogP contribution in [0.15, 0.2) is 41.2 Å². The van der Waals surface area contributed by atoms with Crippen molar-refractivity contribution in [1.82, 2.24) is 4.98 Å². The fourth-order valence-electron chi connectivity index (χ4n) is 1.40. The summed E-state index contributed by atoms with van der Waals surface area (Å²) < 4.78 is 0. The van der Waals surface area contributed by atoms with Gasteiger partial charge in [-0.3, -0.25) is 4.79 Å². The number of thiazole rings is 1. The van der Waals surface area contributed by atoms with Crippen LogP contribution in [0.5, 0.6) is 0 Å². The van der Waals surface area contributed by atoms with E-state index >= 15 is 0 Å². The second-order valence-electron chi connectivity index (χ2n) is 3.59. The second-order valence-corrected chi connectivity index (χ2v) is 4.31. The highest BCUT2D eigenvalue weighted by Crippen LogP contribution is 2.11. The van der Waals surface area contributed by atoms with E-state index in [1.807, 2.05) is 5.38 Å². The molecule has 0 fully saturated rings. The van der Waals surface area contributed by atoms with Gasteiger partial charge in [0, 0.05) is 17.1 Å². The molecule has 0 radical (unpaired) electrons. The van der Waals surface area contributed by atoms with Crippen LogP contribution in [0, 0.1) is 0 Å². The largest absolute Gasteiger partial charge is 0.392 e. The zero-order valence-corrected chi connectivity index (χ0v) is 10.4. The van der Waals surface area contributed by atoms with E-state index in [2.05, 4.69) is 10.3 Å². The minimum atomic E-state index is -0.224. The summed E-state index contributed by atoms with van der Waals surface area (Å²) in [6, 6.07) is 7.08. The smallest absolute Gasteiger partial charge is 0.248 e. The van der Waals surface area contributed by atoms with Crippen LogP contribution in [0.2, 0.25) is 0 Å². The molecule has 2 N–H and O–H groups in total. The van der Waals surface area contributed by atoms with E-state index in [9.17, 15) is 4.79 Å². The number of aliphatic hydroxyl groups is 1. The van der Waals surface area contributed by atoms with Crippen LogP contribution in [0.1, 0.15) is 11.3 Å². The van der Waals surface area contributed by atoms with Gasteiger partial charge in [-0.05, 0) is 23.8 Å². The lowest BCUT2D eigenvalue weighted by molar-refractivity contribution is -0.111. The molecule has 2 aromatic rings. The molecule has 5 heteroatoms. The van der Waals surface area contributed by atoms with Crippen molar-refractivity contribution in [1.29, 1.82) is 0 Å². The molecule has 0 spiro atoms. The van der Waals surface area contributed by atoms with Crippen molar-refractivity contribution in [3.8, 4) is 0 Å². The summed E-state index contributed by atoms with van der Waals surface area (Å²) >= 11 is 1.48. The van der Waals surface area contributed by atoms with Crippen molar-refractivity contribution in [2.24, 2.45) is 0 Å². The maximum atomic E-state index is 11.6. The molecule has 18 heavy (non-hydrogen) atoms. The minimum Gasteiger partial charge on any atom is -0.392 e. The third kappa shape index (κ3) is 3.51. The number of amides is 1. The van der Waals surface area contributed by atoms with Crippen molar-refractivity contribution in [2.75, 3.05) is 5.32 Å². The fraction of sp³-hybridized carbons (Fsp3) is 0.0769. The first-order chi connectivity index (χ1) is 8.78. The Hall–Kier alpha value is -1.98. The number of nitrogens with one attached hydrogen (secondary N) is 1. The molecule has 92 valence electrons. The number of anilines is 1. The van der Waals surface area contributed by atoms with Gasteiger partial charge in [0.1, 0.15) is 0 Å². The van der Waals surface area contributed by atoms with Gasteiger partial charge in [-0.15, -0.1) is 11.3 Å². The molecule has 1 heterocycles. The highest BCUT2D eigenvalue weighted by Gasteiger charge is 1.99. The summed E-state index contributed by atoms with van der Waals surface area (Å²) in [4.78, 5) is 15.7.